The molecule has 1 aliphatic rings. The Labute approximate surface area is 140 Å². The molecule has 3 heterocycles. The van der Waals surface area contributed by atoms with E-state index in [2.05, 4.69) is 25.7 Å². The molecule has 23 heavy (non-hydrogen) atoms. The summed E-state index contributed by atoms with van der Waals surface area (Å²) in [7, 11) is 1.96. The van der Waals surface area contributed by atoms with Gasteiger partial charge in [-0.3, -0.25) is 14.1 Å². The zero-order valence-electron chi connectivity index (χ0n) is 13.5. The molecule has 3 rings (SSSR count). The minimum Gasteiger partial charge on any atom is -0.343 e. The number of likely N-dealkylation sites (N-methyl/N-ethyl adjacent to an activating group) is 1. The van der Waals surface area contributed by atoms with E-state index in [1.807, 2.05) is 37.6 Å². The predicted molar refractivity (Wildman–Crippen MR) is 88.5 cm³/mol. The van der Waals surface area contributed by atoms with Crippen molar-refractivity contribution in [3.63, 3.8) is 0 Å². The van der Waals surface area contributed by atoms with Gasteiger partial charge in [-0.1, -0.05) is 11.6 Å². The third kappa shape index (κ3) is 3.04. The van der Waals surface area contributed by atoms with Crippen LogP contribution in [0.15, 0.2) is 18.3 Å². The van der Waals surface area contributed by atoms with Gasteiger partial charge >= 0.3 is 0 Å². The molecule has 1 amide bonds. The second-order valence-electron chi connectivity index (χ2n) is 6.39. The van der Waals surface area contributed by atoms with E-state index >= 15 is 0 Å². The fourth-order valence-corrected chi connectivity index (χ4v) is 3.06. The molecule has 7 nitrogen and oxygen atoms in total. The molecule has 2 N–H and O–H groups in total. The summed E-state index contributed by atoms with van der Waals surface area (Å²) < 4.78 is 1.81. The number of carbonyl (C=O) groups is 1. The van der Waals surface area contributed by atoms with Gasteiger partial charge in [0, 0.05) is 25.8 Å². The van der Waals surface area contributed by atoms with Crippen LogP contribution in [0.25, 0.3) is 5.65 Å². The van der Waals surface area contributed by atoms with Crippen LogP contribution in [-0.2, 0) is 10.3 Å². The number of nitrogens with one attached hydrogen (secondary N) is 2. The molecule has 0 aliphatic carbocycles. The van der Waals surface area contributed by atoms with Crippen LogP contribution in [0, 0.1) is 0 Å². The smallest absolute Gasteiger partial charge is 0.239 e. The Kier molecular flexibility index (Phi) is 4.27. The predicted octanol–water partition coefficient (Wildman–Crippen LogP) is 0.638. The van der Waals surface area contributed by atoms with E-state index in [4.69, 9.17) is 11.6 Å². The maximum atomic E-state index is 12.6. The second-order valence-corrected chi connectivity index (χ2v) is 6.80. The van der Waals surface area contributed by atoms with Crippen molar-refractivity contribution in [1.29, 1.82) is 0 Å². The molecular formula is C15H21ClN6O. The number of amides is 1. The molecule has 124 valence electrons. The molecule has 0 spiro atoms. The highest BCUT2D eigenvalue weighted by Crippen LogP contribution is 2.23. The number of carbonyl (C=O) groups excluding carboxylic acids is 1. The molecule has 0 saturated carbocycles. The highest BCUT2D eigenvalue weighted by atomic mass is 35.5. The monoisotopic (exact) mass is 336 g/mol. The van der Waals surface area contributed by atoms with Gasteiger partial charge in [-0.25, -0.2) is 0 Å². The second kappa shape index (κ2) is 6.07. The Morgan fingerprint density at radius 2 is 2.26 bits per heavy atom. The van der Waals surface area contributed by atoms with E-state index in [-0.39, 0.29) is 11.9 Å². The van der Waals surface area contributed by atoms with Crippen molar-refractivity contribution in [1.82, 2.24) is 30.1 Å². The summed E-state index contributed by atoms with van der Waals surface area (Å²) in [4.78, 5) is 14.7. The van der Waals surface area contributed by atoms with Crippen molar-refractivity contribution >= 4 is 23.2 Å². The van der Waals surface area contributed by atoms with Crippen LogP contribution in [0.1, 0.15) is 19.7 Å². The van der Waals surface area contributed by atoms with Gasteiger partial charge in [-0.2, -0.15) is 0 Å². The summed E-state index contributed by atoms with van der Waals surface area (Å²) >= 11 is 6.14. The van der Waals surface area contributed by atoms with Crippen molar-refractivity contribution in [3.8, 4) is 0 Å². The van der Waals surface area contributed by atoms with Crippen molar-refractivity contribution < 1.29 is 4.79 Å². The quantitative estimate of drug-likeness (QED) is 0.860. The highest BCUT2D eigenvalue weighted by molar-refractivity contribution is 6.33. The van der Waals surface area contributed by atoms with Crippen LogP contribution in [0.4, 0.5) is 0 Å². The SMILES string of the molecule is CN1CCNC[C@H]1C(=O)NC(C)(C)c1nnc2c(Cl)cccn12. The fraction of sp³-hybridized carbons (Fsp3) is 0.533. The van der Waals surface area contributed by atoms with E-state index in [1.54, 1.807) is 6.07 Å². The van der Waals surface area contributed by atoms with Gasteiger partial charge in [-0.15, -0.1) is 10.2 Å². The van der Waals surface area contributed by atoms with Crippen molar-refractivity contribution in [3.05, 3.63) is 29.2 Å². The van der Waals surface area contributed by atoms with Crippen LogP contribution < -0.4 is 10.6 Å². The van der Waals surface area contributed by atoms with Gasteiger partial charge in [0.2, 0.25) is 5.91 Å². The maximum absolute atomic E-state index is 12.6. The molecule has 8 heteroatoms. The van der Waals surface area contributed by atoms with Crippen LogP contribution in [0.5, 0.6) is 0 Å². The van der Waals surface area contributed by atoms with Crippen LogP contribution in [-0.4, -0.2) is 58.1 Å². The largest absolute Gasteiger partial charge is 0.343 e. The lowest BCUT2D eigenvalue weighted by Gasteiger charge is -2.34. The van der Waals surface area contributed by atoms with Gasteiger partial charge in [-0.05, 0) is 33.0 Å². The zero-order valence-corrected chi connectivity index (χ0v) is 14.3. The lowest BCUT2D eigenvalue weighted by molar-refractivity contribution is -0.128. The average Bonchev–Trinajstić information content (AvgIpc) is 2.93. The third-order valence-electron chi connectivity index (χ3n) is 4.20. The molecule has 2 aromatic rings. The molecule has 1 atom stereocenters. The van der Waals surface area contributed by atoms with E-state index in [0.29, 0.717) is 23.0 Å². The summed E-state index contributed by atoms with van der Waals surface area (Å²) in [5.74, 6) is 0.623. The number of aromatic nitrogens is 3. The molecule has 1 saturated heterocycles. The minimum absolute atomic E-state index is 0.0246. The number of hydrogen-bond acceptors (Lipinski definition) is 5. The van der Waals surface area contributed by atoms with E-state index in [9.17, 15) is 4.79 Å². The van der Waals surface area contributed by atoms with E-state index < -0.39 is 5.54 Å². The zero-order chi connectivity index (χ0) is 16.6. The Morgan fingerprint density at radius 3 is 3.00 bits per heavy atom. The normalized spacial score (nSPS) is 19.9. The maximum Gasteiger partial charge on any atom is 0.239 e. The van der Waals surface area contributed by atoms with Gasteiger partial charge in [0.05, 0.1) is 10.6 Å². The molecule has 0 bridgehead atoms. The molecule has 0 radical (unpaired) electrons. The standard InChI is InChI=1S/C15H21ClN6O/c1-15(2,18-13(23)11-9-17-6-8-21(11)3)14-20-19-12-10(16)5-4-7-22(12)14/h4-5,7,11,17H,6,8-9H2,1-3H3,(H,18,23)/t11-/m0/s1. The van der Waals surface area contributed by atoms with Crippen molar-refractivity contribution in [2.24, 2.45) is 0 Å². The molecule has 1 aliphatic heterocycles. The van der Waals surface area contributed by atoms with E-state index in [0.717, 1.165) is 13.1 Å². The van der Waals surface area contributed by atoms with Crippen molar-refractivity contribution in [2.45, 2.75) is 25.4 Å². The Bertz CT molecular complexity index is 728. The summed E-state index contributed by atoms with van der Waals surface area (Å²) in [5, 5.41) is 15.2. The highest BCUT2D eigenvalue weighted by Gasteiger charge is 2.33. The number of piperazine rings is 1. The Morgan fingerprint density at radius 1 is 1.48 bits per heavy atom. The first kappa shape index (κ1) is 16.2. The first-order valence-electron chi connectivity index (χ1n) is 7.63. The summed E-state index contributed by atoms with van der Waals surface area (Å²) in [6, 6.07) is 3.41. The van der Waals surface area contributed by atoms with Crippen molar-refractivity contribution in [2.75, 3.05) is 26.7 Å². The number of pyridine rings is 1. The molecule has 0 unspecified atom stereocenters. The number of hydrogen-bond donors (Lipinski definition) is 2. The van der Waals surface area contributed by atoms with Crippen LogP contribution >= 0.6 is 11.6 Å². The Hall–Kier alpha value is -1.70. The lowest BCUT2D eigenvalue weighted by atomic mass is 10.0. The topological polar surface area (TPSA) is 74.6 Å². The average molecular weight is 337 g/mol. The Balaban J connectivity index is 1.85. The van der Waals surface area contributed by atoms with Gasteiger partial charge in [0.15, 0.2) is 11.5 Å². The third-order valence-corrected chi connectivity index (χ3v) is 4.49. The first-order chi connectivity index (χ1) is 10.9. The molecular weight excluding hydrogens is 316 g/mol. The van der Waals surface area contributed by atoms with Gasteiger partial charge in [0.25, 0.3) is 0 Å². The number of nitrogens with zero attached hydrogens (tertiary/aromatic N) is 4. The molecule has 0 aromatic carbocycles. The first-order valence-corrected chi connectivity index (χ1v) is 8.00. The van der Waals surface area contributed by atoms with E-state index in [1.165, 1.54) is 0 Å². The fourth-order valence-electron chi connectivity index (χ4n) is 2.86. The molecule has 2 aromatic heterocycles. The van der Waals surface area contributed by atoms with Gasteiger partial charge in [0.1, 0.15) is 6.04 Å². The number of fused-ring (bicyclic) bond motifs is 1. The number of halogens is 1. The number of rotatable bonds is 3. The molecule has 1 fully saturated rings. The van der Waals surface area contributed by atoms with Crippen LogP contribution in [0.3, 0.4) is 0 Å². The minimum atomic E-state index is -0.667. The summed E-state index contributed by atoms with van der Waals surface area (Å²) in [6.07, 6.45) is 1.85. The summed E-state index contributed by atoms with van der Waals surface area (Å²) in [5.41, 5.74) is -0.0811. The summed E-state index contributed by atoms with van der Waals surface area (Å²) in [6.45, 7) is 6.22. The van der Waals surface area contributed by atoms with Crippen LogP contribution in [0.2, 0.25) is 5.02 Å². The lowest BCUT2D eigenvalue weighted by Crippen LogP contribution is -2.58. The van der Waals surface area contributed by atoms with Gasteiger partial charge < -0.3 is 10.6 Å².